The molecule has 0 saturated carbocycles. The molecule has 0 bridgehead atoms. The summed E-state index contributed by atoms with van der Waals surface area (Å²) in [4.78, 5) is 27.3. The largest absolute Gasteiger partial charge is 0.490 e. The number of benzene rings is 2. The van der Waals surface area contributed by atoms with Crippen LogP contribution in [0.15, 0.2) is 51.1 Å². The van der Waals surface area contributed by atoms with E-state index in [1.165, 1.54) is 12.3 Å². The highest BCUT2D eigenvalue weighted by molar-refractivity contribution is 6.32. The second-order valence-corrected chi connectivity index (χ2v) is 5.95. The van der Waals surface area contributed by atoms with E-state index < -0.39 is 11.2 Å². The van der Waals surface area contributed by atoms with Crippen molar-refractivity contribution in [2.75, 3.05) is 13.2 Å². The fourth-order valence-electron chi connectivity index (χ4n) is 2.55. The number of nitrogens with one attached hydrogen (secondary N) is 1. The predicted octanol–water partition coefficient (Wildman–Crippen LogP) is 2.53. The molecular weight excluding hydrogens is 384 g/mol. The van der Waals surface area contributed by atoms with Crippen molar-refractivity contribution in [2.45, 2.75) is 6.92 Å². The van der Waals surface area contributed by atoms with Gasteiger partial charge in [0.2, 0.25) is 0 Å². The van der Waals surface area contributed by atoms with Crippen molar-refractivity contribution >= 4 is 28.7 Å². The smallest absolute Gasteiger partial charge is 0.349 e. The lowest BCUT2D eigenvalue weighted by atomic mass is 10.2. The molecule has 142 valence electrons. The number of ether oxygens (including phenoxy) is 2. The Labute approximate surface area is 164 Å². The molecule has 0 aliphatic rings. The van der Waals surface area contributed by atoms with Crippen molar-refractivity contribution in [1.82, 2.24) is 9.66 Å². The van der Waals surface area contributed by atoms with Gasteiger partial charge in [-0.3, -0.25) is 4.79 Å². The van der Waals surface area contributed by atoms with E-state index in [-0.39, 0.29) is 17.4 Å². The number of hydrogen-bond acceptors (Lipinski definition) is 6. The van der Waals surface area contributed by atoms with Crippen molar-refractivity contribution in [1.29, 1.82) is 5.26 Å². The maximum Gasteiger partial charge on any atom is 0.349 e. The zero-order valence-electron chi connectivity index (χ0n) is 14.8. The van der Waals surface area contributed by atoms with Crippen LogP contribution in [0.2, 0.25) is 5.02 Å². The van der Waals surface area contributed by atoms with Crippen molar-refractivity contribution < 1.29 is 9.47 Å². The lowest BCUT2D eigenvalue weighted by Gasteiger charge is -2.12. The van der Waals surface area contributed by atoms with E-state index in [2.05, 4.69) is 10.1 Å². The van der Waals surface area contributed by atoms with Gasteiger partial charge in [-0.25, -0.2) is 4.79 Å². The number of rotatable bonds is 6. The molecular formula is C19H15ClN4O4. The summed E-state index contributed by atoms with van der Waals surface area (Å²) in [5, 5.41) is 13.2. The number of nitriles is 1. The van der Waals surface area contributed by atoms with E-state index in [0.29, 0.717) is 28.8 Å². The molecule has 1 N–H and O–H groups in total. The van der Waals surface area contributed by atoms with Gasteiger partial charge in [0.05, 0.1) is 28.7 Å². The van der Waals surface area contributed by atoms with E-state index in [1.807, 2.05) is 6.07 Å². The highest BCUT2D eigenvalue weighted by Crippen LogP contribution is 2.36. The Balaban J connectivity index is 2.03. The van der Waals surface area contributed by atoms with Crippen LogP contribution >= 0.6 is 11.6 Å². The first kappa shape index (κ1) is 19.2. The Morgan fingerprint density at radius 2 is 2.07 bits per heavy atom. The van der Waals surface area contributed by atoms with Crippen LogP contribution in [-0.4, -0.2) is 29.1 Å². The Morgan fingerprint density at radius 1 is 1.29 bits per heavy atom. The summed E-state index contributed by atoms with van der Waals surface area (Å²) < 4.78 is 11.5. The van der Waals surface area contributed by atoms with E-state index >= 15 is 0 Å². The molecule has 8 nitrogen and oxygen atoms in total. The summed E-state index contributed by atoms with van der Waals surface area (Å²) in [6.07, 6.45) is 1.31. The molecule has 1 aromatic heterocycles. The Kier molecular flexibility index (Phi) is 5.77. The molecule has 2 aromatic carbocycles. The fraction of sp³-hybridized carbons (Fsp3) is 0.158. The predicted molar refractivity (Wildman–Crippen MR) is 106 cm³/mol. The van der Waals surface area contributed by atoms with Gasteiger partial charge in [0, 0.05) is 0 Å². The summed E-state index contributed by atoms with van der Waals surface area (Å²) in [5.41, 5.74) is -0.285. The van der Waals surface area contributed by atoms with Gasteiger partial charge in [0.25, 0.3) is 5.56 Å². The van der Waals surface area contributed by atoms with Crippen LogP contribution in [0.5, 0.6) is 11.5 Å². The topological polar surface area (TPSA) is 109 Å². The van der Waals surface area contributed by atoms with Crippen LogP contribution in [0, 0.1) is 11.3 Å². The van der Waals surface area contributed by atoms with Crippen molar-refractivity contribution in [2.24, 2.45) is 5.10 Å². The number of aromatic amines is 1. The molecule has 28 heavy (non-hydrogen) atoms. The van der Waals surface area contributed by atoms with E-state index in [1.54, 1.807) is 37.3 Å². The average Bonchev–Trinajstić information content (AvgIpc) is 2.67. The average molecular weight is 399 g/mol. The summed E-state index contributed by atoms with van der Waals surface area (Å²) in [6.45, 7) is 1.95. The standard InChI is InChI=1S/C19H15ClN4O4/c1-2-27-16-10-12(9-14(20)17(16)28-8-7-21)11-22-24-18(25)13-5-3-4-6-15(13)23-19(24)26/h3-6,9-11H,2,8H2,1H3,(H,23,26). The van der Waals surface area contributed by atoms with Crippen molar-refractivity contribution in [3.05, 3.63) is 67.8 Å². The molecule has 3 aromatic rings. The molecule has 0 saturated heterocycles. The summed E-state index contributed by atoms with van der Waals surface area (Å²) in [5.74, 6) is 0.564. The maximum absolute atomic E-state index is 12.5. The van der Waals surface area contributed by atoms with Gasteiger partial charge in [0.1, 0.15) is 6.07 Å². The summed E-state index contributed by atoms with van der Waals surface area (Å²) in [6, 6.07) is 11.6. The minimum absolute atomic E-state index is 0.185. The van der Waals surface area contributed by atoms with Gasteiger partial charge in [0.15, 0.2) is 18.1 Å². The molecule has 3 rings (SSSR count). The summed E-state index contributed by atoms with van der Waals surface area (Å²) >= 11 is 6.22. The highest BCUT2D eigenvalue weighted by Gasteiger charge is 2.12. The Hall–Kier alpha value is -3.57. The van der Waals surface area contributed by atoms with Gasteiger partial charge in [-0.2, -0.15) is 10.4 Å². The number of nitrogens with zero attached hydrogens (tertiary/aromatic N) is 3. The quantitative estimate of drug-likeness (QED) is 0.641. The Morgan fingerprint density at radius 3 is 2.82 bits per heavy atom. The molecule has 0 amide bonds. The highest BCUT2D eigenvalue weighted by atomic mass is 35.5. The van der Waals surface area contributed by atoms with Gasteiger partial charge < -0.3 is 14.5 Å². The molecule has 0 radical (unpaired) electrons. The molecule has 0 spiro atoms. The lowest BCUT2D eigenvalue weighted by molar-refractivity contribution is 0.299. The molecule has 0 aliphatic carbocycles. The van der Waals surface area contributed by atoms with Crippen LogP contribution in [0.4, 0.5) is 0 Å². The van der Waals surface area contributed by atoms with Gasteiger partial charge in [-0.1, -0.05) is 23.7 Å². The number of aromatic nitrogens is 2. The third-order valence-corrected chi connectivity index (χ3v) is 4.00. The van der Waals surface area contributed by atoms with Crippen molar-refractivity contribution in [3.8, 4) is 17.6 Å². The number of fused-ring (bicyclic) bond motifs is 1. The first-order valence-electron chi connectivity index (χ1n) is 8.29. The van der Waals surface area contributed by atoms with Crippen LogP contribution < -0.4 is 20.7 Å². The van der Waals surface area contributed by atoms with Crippen LogP contribution in [-0.2, 0) is 0 Å². The molecule has 9 heteroatoms. The normalized spacial score (nSPS) is 10.9. The maximum atomic E-state index is 12.5. The van der Waals surface area contributed by atoms with Gasteiger partial charge in [-0.05, 0) is 36.8 Å². The van der Waals surface area contributed by atoms with Crippen LogP contribution in [0.3, 0.4) is 0 Å². The molecule has 0 atom stereocenters. The van der Waals surface area contributed by atoms with Gasteiger partial charge in [-0.15, -0.1) is 4.68 Å². The third kappa shape index (κ3) is 3.89. The number of halogens is 1. The second kappa shape index (κ2) is 8.41. The van der Waals surface area contributed by atoms with Gasteiger partial charge >= 0.3 is 5.69 Å². The summed E-state index contributed by atoms with van der Waals surface area (Å²) in [7, 11) is 0. The van der Waals surface area contributed by atoms with E-state index in [4.69, 9.17) is 26.3 Å². The number of hydrogen-bond donors (Lipinski definition) is 1. The van der Waals surface area contributed by atoms with Crippen molar-refractivity contribution in [3.63, 3.8) is 0 Å². The molecule has 0 aliphatic heterocycles. The number of H-pyrrole nitrogens is 1. The monoisotopic (exact) mass is 398 g/mol. The fourth-order valence-corrected chi connectivity index (χ4v) is 2.83. The minimum atomic E-state index is -0.662. The third-order valence-electron chi connectivity index (χ3n) is 3.72. The van der Waals surface area contributed by atoms with E-state index in [0.717, 1.165) is 4.68 Å². The lowest BCUT2D eigenvalue weighted by Crippen LogP contribution is -2.32. The SMILES string of the molecule is CCOc1cc(C=Nn2c(=O)[nH]c3ccccc3c2=O)cc(Cl)c1OCC#N. The molecule has 1 heterocycles. The van der Waals surface area contributed by atoms with E-state index in [9.17, 15) is 9.59 Å². The number of para-hydroxylation sites is 1. The first-order chi connectivity index (χ1) is 13.5. The molecule has 0 unspecified atom stereocenters. The minimum Gasteiger partial charge on any atom is -0.490 e. The Bertz CT molecular complexity index is 1210. The zero-order chi connectivity index (χ0) is 20.1. The molecule has 0 fully saturated rings. The van der Waals surface area contributed by atoms with Crippen LogP contribution in [0.25, 0.3) is 10.9 Å². The second-order valence-electron chi connectivity index (χ2n) is 5.55. The zero-order valence-corrected chi connectivity index (χ0v) is 15.6. The first-order valence-corrected chi connectivity index (χ1v) is 8.67. The van der Waals surface area contributed by atoms with Crippen LogP contribution in [0.1, 0.15) is 12.5 Å².